The fourth-order valence-corrected chi connectivity index (χ4v) is 3.25. The molecule has 1 saturated heterocycles. The van der Waals surface area contributed by atoms with Gasteiger partial charge in [0.25, 0.3) is 0 Å². The Labute approximate surface area is 150 Å². The highest BCUT2D eigenvalue weighted by atomic mass is 16.7. The Morgan fingerprint density at radius 3 is 2.28 bits per heavy atom. The summed E-state index contributed by atoms with van der Waals surface area (Å²) < 4.78 is 11.6. The average molecular weight is 362 g/mol. The molecule has 1 fully saturated rings. The topological polar surface area (TPSA) is 116 Å². The van der Waals surface area contributed by atoms with Gasteiger partial charge in [0, 0.05) is 12.3 Å². The number of aliphatic hydroxyl groups excluding tert-OH is 4. The number of Topliss-reactive ketones (excluding diaryl/α,β-unsaturated/α-hetero) is 1. The molecule has 25 heavy (non-hydrogen) atoms. The quantitative estimate of drug-likeness (QED) is 0.475. The van der Waals surface area contributed by atoms with E-state index >= 15 is 0 Å². The predicted molar refractivity (Wildman–Crippen MR) is 91.8 cm³/mol. The van der Waals surface area contributed by atoms with E-state index in [-0.39, 0.29) is 18.1 Å². The molecule has 0 aromatic rings. The third kappa shape index (κ3) is 5.70. The molecule has 1 aliphatic rings. The summed E-state index contributed by atoms with van der Waals surface area (Å²) in [5.74, 6) is -0.970. The summed E-state index contributed by atoms with van der Waals surface area (Å²) in [4.78, 5) is 11.3. The first-order valence-corrected chi connectivity index (χ1v) is 9.16. The van der Waals surface area contributed by atoms with Crippen molar-refractivity contribution in [3.05, 3.63) is 0 Å². The van der Waals surface area contributed by atoms with Crippen molar-refractivity contribution >= 4 is 5.78 Å². The van der Waals surface area contributed by atoms with Gasteiger partial charge in [-0.1, -0.05) is 27.7 Å². The minimum absolute atomic E-state index is 0.0526. The van der Waals surface area contributed by atoms with E-state index in [1.807, 2.05) is 6.92 Å². The van der Waals surface area contributed by atoms with Gasteiger partial charge in [-0.3, -0.25) is 0 Å². The molecule has 0 radical (unpaired) electrons. The van der Waals surface area contributed by atoms with Crippen molar-refractivity contribution in [2.45, 2.75) is 96.8 Å². The van der Waals surface area contributed by atoms with Crippen molar-refractivity contribution in [2.75, 3.05) is 0 Å². The van der Waals surface area contributed by atoms with Crippen LogP contribution in [0.25, 0.3) is 0 Å². The van der Waals surface area contributed by atoms with Gasteiger partial charge in [0.1, 0.15) is 18.0 Å². The Hall–Kier alpha value is -0.570. The van der Waals surface area contributed by atoms with Crippen molar-refractivity contribution in [3.63, 3.8) is 0 Å². The van der Waals surface area contributed by atoms with E-state index in [4.69, 9.17) is 9.47 Å². The van der Waals surface area contributed by atoms with Crippen molar-refractivity contribution in [1.82, 2.24) is 0 Å². The fourth-order valence-electron chi connectivity index (χ4n) is 3.25. The number of ether oxygens (including phenoxy) is 2. The highest BCUT2D eigenvalue weighted by Gasteiger charge is 2.44. The van der Waals surface area contributed by atoms with Crippen LogP contribution < -0.4 is 0 Å². The number of ketones is 1. The van der Waals surface area contributed by atoms with Gasteiger partial charge in [0.15, 0.2) is 6.29 Å². The van der Waals surface area contributed by atoms with Gasteiger partial charge in [0.2, 0.25) is 0 Å². The van der Waals surface area contributed by atoms with Gasteiger partial charge in [0.05, 0.1) is 24.4 Å². The van der Waals surface area contributed by atoms with E-state index in [0.717, 1.165) is 0 Å². The van der Waals surface area contributed by atoms with Crippen molar-refractivity contribution in [2.24, 2.45) is 11.8 Å². The maximum Gasteiger partial charge on any atom is 0.163 e. The summed E-state index contributed by atoms with van der Waals surface area (Å²) in [5.41, 5.74) is 0. The lowest BCUT2D eigenvalue weighted by Crippen LogP contribution is -2.56. The zero-order chi connectivity index (χ0) is 19.3. The SMILES string of the molecule is CCC1O[C@@H](O[C@@H](C(O)CC)C(O)C(C)CC(C)=O)C(C)C(O)[C@H]1O. The molecule has 0 aromatic carbocycles. The monoisotopic (exact) mass is 362 g/mol. The van der Waals surface area contributed by atoms with Crippen LogP contribution in [0.15, 0.2) is 0 Å². The van der Waals surface area contributed by atoms with Crippen LogP contribution in [-0.2, 0) is 14.3 Å². The van der Waals surface area contributed by atoms with Gasteiger partial charge in [-0.2, -0.15) is 0 Å². The fraction of sp³-hybridized carbons (Fsp3) is 0.944. The van der Waals surface area contributed by atoms with Crippen molar-refractivity contribution < 1.29 is 34.7 Å². The van der Waals surface area contributed by atoms with E-state index in [1.54, 1.807) is 20.8 Å². The van der Waals surface area contributed by atoms with E-state index in [0.29, 0.717) is 12.8 Å². The molecule has 0 aromatic heterocycles. The highest BCUT2D eigenvalue weighted by Crippen LogP contribution is 2.31. The lowest BCUT2D eigenvalue weighted by atomic mass is 9.89. The van der Waals surface area contributed by atoms with Crippen molar-refractivity contribution in [3.8, 4) is 0 Å². The van der Waals surface area contributed by atoms with Gasteiger partial charge in [-0.05, 0) is 25.7 Å². The Morgan fingerprint density at radius 2 is 1.80 bits per heavy atom. The van der Waals surface area contributed by atoms with Crippen LogP contribution in [0.2, 0.25) is 0 Å². The maximum absolute atomic E-state index is 11.3. The molecule has 0 spiro atoms. The van der Waals surface area contributed by atoms with Gasteiger partial charge < -0.3 is 34.7 Å². The smallest absolute Gasteiger partial charge is 0.163 e. The molecule has 1 heterocycles. The molecule has 6 unspecified atom stereocenters. The Kier molecular flexibility index (Phi) is 8.94. The molecule has 1 aliphatic heterocycles. The average Bonchev–Trinajstić information content (AvgIpc) is 2.57. The van der Waals surface area contributed by atoms with Crippen molar-refractivity contribution in [1.29, 1.82) is 0 Å². The minimum Gasteiger partial charge on any atom is -0.390 e. The summed E-state index contributed by atoms with van der Waals surface area (Å²) in [5, 5.41) is 41.1. The number of hydrogen-bond acceptors (Lipinski definition) is 7. The van der Waals surface area contributed by atoms with Gasteiger partial charge in [-0.15, -0.1) is 0 Å². The van der Waals surface area contributed by atoms with Crippen LogP contribution >= 0.6 is 0 Å². The van der Waals surface area contributed by atoms with Crippen LogP contribution in [-0.4, -0.2) is 69.1 Å². The molecule has 0 aliphatic carbocycles. The molecule has 0 bridgehead atoms. The standard InChI is InChI=1S/C18H34O7/c1-6-12(20)17(14(21)9(3)8-10(4)19)25-18-11(5)15(22)16(23)13(7-2)24-18/h9,11-18,20-23H,6-8H2,1-5H3/t9?,11?,12?,13?,14?,15?,16-,17-,18-/m0/s1. The third-order valence-corrected chi connectivity index (χ3v) is 5.03. The first-order chi connectivity index (χ1) is 11.6. The van der Waals surface area contributed by atoms with Crippen LogP contribution in [0.1, 0.15) is 53.9 Å². The lowest BCUT2D eigenvalue weighted by Gasteiger charge is -2.43. The minimum atomic E-state index is -1.06. The first-order valence-electron chi connectivity index (χ1n) is 9.16. The van der Waals surface area contributed by atoms with Crippen LogP contribution in [0.3, 0.4) is 0 Å². The zero-order valence-corrected chi connectivity index (χ0v) is 15.8. The first kappa shape index (κ1) is 22.5. The van der Waals surface area contributed by atoms with E-state index in [2.05, 4.69) is 0 Å². The van der Waals surface area contributed by atoms with E-state index in [9.17, 15) is 25.2 Å². The second kappa shape index (κ2) is 9.94. The number of carbonyl (C=O) groups excluding carboxylic acids is 1. The molecule has 7 nitrogen and oxygen atoms in total. The molecule has 0 amide bonds. The third-order valence-electron chi connectivity index (χ3n) is 5.03. The van der Waals surface area contributed by atoms with Gasteiger partial charge >= 0.3 is 0 Å². The molecule has 0 saturated carbocycles. The Morgan fingerprint density at radius 1 is 1.20 bits per heavy atom. The van der Waals surface area contributed by atoms with Crippen LogP contribution in [0.4, 0.5) is 0 Å². The summed E-state index contributed by atoms with van der Waals surface area (Å²) >= 11 is 0. The highest BCUT2D eigenvalue weighted by molar-refractivity contribution is 5.75. The Bertz CT molecular complexity index is 414. The number of hydrogen-bond donors (Lipinski definition) is 4. The number of rotatable bonds is 9. The Balaban J connectivity index is 2.91. The largest absolute Gasteiger partial charge is 0.390 e. The molecule has 7 heteroatoms. The van der Waals surface area contributed by atoms with Gasteiger partial charge in [-0.25, -0.2) is 0 Å². The maximum atomic E-state index is 11.3. The van der Waals surface area contributed by atoms with Crippen LogP contribution in [0.5, 0.6) is 0 Å². The summed E-state index contributed by atoms with van der Waals surface area (Å²) in [6.45, 7) is 8.46. The zero-order valence-electron chi connectivity index (χ0n) is 15.8. The molecule has 4 N–H and O–H groups in total. The molecule has 9 atom stereocenters. The molecular formula is C18H34O7. The summed E-state index contributed by atoms with van der Waals surface area (Å²) in [7, 11) is 0. The summed E-state index contributed by atoms with van der Waals surface area (Å²) in [6, 6.07) is 0. The normalized spacial score (nSPS) is 35.0. The summed E-state index contributed by atoms with van der Waals surface area (Å²) in [6.07, 6.45) is -5.39. The number of aliphatic hydroxyl groups is 4. The molecular weight excluding hydrogens is 328 g/mol. The second-order valence-electron chi connectivity index (χ2n) is 7.24. The number of carbonyl (C=O) groups is 1. The second-order valence-corrected chi connectivity index (χ2v) is 7.24. The van der Waals surface area contributed by atoms with E-state index in [1.165, 1.54) is 6.92 Å². The predicted octanol–water partition coefficient (Wildman–Crippen LogP) is 0.611. The molecule has 1 rings (SSSR count). The van der Waals surface area contributed by atoms with E-state index < -0.39 is 48.8 Å². The van der Waals surface area contributed by atoms with Crippen LogP contribution in [0, 0.1) is 11.8 Å². The lowest BCUT2D eigenvalue weighted by molar-refractivity contribution is -0.306. The molecule has 148 valence electrons.